The standard InChI is InChI=1S/C25H26N2O2S/c1-2-3-18-29-22-17-11-10-16-21(22)26-25(30)27-24(28)23(19-12-6-4-7-13-19)20-14-8-5-9-15-20/h4-17,23H,2-3,18H2,1H3,(H2,26,27,28,30). The predicted octanol–water partition coefficient (Wildman–Crippen LogP) is 5.51. The third-order valence-corrected chi connectivity index (χ3v) is 4.86. The zero-order valence-corrected chi connectivity index (χ0v) is 17.8. The Bertz CT molecular complexity index is 922. The van der Waals surface area contributed by atoms with Crippen LogP contribution in [0.25, 0.3) is 0 Å². The number of rotatable bonds is 8. The molecule has 2 N–H and O–H groups in total. The van der Waals surface area contributed by atoms with Gasteiger partial charge in [-0.05, 0) is 41.9 Å². The lowest BCUT2D eigenvalue weighted by Crippen LogP contribution is -2.38. The Balaban J connectivity index is 1.73. The van der Waals surface area contributed by atoms with E-state index in [0.29, 0.717) is 12.4 Å². The maximum atomic E-state index is 13.2. The summed E-state index contributed by atoms with van der Waals surface area (Å²) < 4.78 is 5.83. The molecular weight excluding hydrogens is 392 g/mol. The third kappa shape index (κ3) is 5.91. The van der Waals surface area contributed by atoms with E-state index < -0.39 is 5.92 Å². The minimum Gasteiger partial charge on any atom is -0.491 e. The number of amides is 1. The Morgan fingerprint density at radius 3 is 2.07 bits per heavy atom. The van der Waals surface area contributed by atoms with Crippen molar-refractivity contribution in [1.29, 1.82) is 0 Å². The number of unbranched alkanes of at least 4 members (excludes halogenated alkanes) is 1. The van der Waals surface area contributed by atoms with Crippen LogP contribution in [0.2, 0.25) is 0 Å². The molecule has 1 amide bonds. The molecule has 0 aliphatic rings. The summed E-state index contributed by atoms with van der Waals surface area (Å²) in [5.41, 5.74) is 2.55. The minimum absolute atomic E-state index is 0.186. The van der Waals surface area contributed by atoms with Gasteiger partial charge in [-0.15, -0.1) is 0 Å². The lowest BCUT2D eigenvalue weighted by molar-refractivity contribution is -0.120. The van der Waals surface area contributed by atoms with E-state index in [1.165, 1.54) is 0 Å². The second-order valence-electron chi connectivity index (χ2n) is 6.90. The number of ether oxygens (including phenoxy) is 1. The van der Waals surface area contributed by atoms with E-state index in [4.69, 9.17) is 17.0 Å². The highest BCUT2D eigenvalue weighted by molar-refractivity contribution is 7.80. The Kier molecular flexibility index (Phi) is 7.98. The molecule has 0 saturated carbocycles. The topological polar surface area (TPSA) is 50.4 Å². The molecule has 0 unspecified atom stereocenters. The smallest absolute Gasteiger partial charge is 0.238 e. The first-order valence-corrected chi connectivity index (χ1v) is 10.5. The van der Waals surface area contributed by atoms with Gasteiger partial charge in [0.1, 0.15) is 5.75 Å². The summed E-state index contributed by atoms with van der Waals surface area (Å²) in [6.45, 7) is 2.76. The number of thiocarbonyl (C=S) groups is 1. The van der Waals surface area contributed by atoms with Crippen molar-refractivity contribution in [3.05, 3.63) is 96.1 Å². The third-order valence-electron chi connectivity index (χ3n) is 4.66. The molecule has 0 atom stereocenters. The number of hydrogen-bond acceptors (Lipinski definition) is 3. The number of hydrogen-bond donors (Lipinski definition) is 2. The van der Waals surface area contributed by atoms with Gasteiger partial charge < -0.3 is 15.4 Å². The van der Waals surface area contributed by atoms with Crippen molar-refractivity contribution in [2.75, 3.05) is 11.9 Å². The first-order valence-electron chi connectivity index (χ1n) is 10.1. The van der Waals surface area contributed by atoms with Gasteiger partial charge >= 0.3 is 0 Å². The monoisotopic (exact) mass is 418 g/mol. The lowest BCUT2D eigenvalue weighted by atomic mass is 9.90. The molecule has 0 fully saturated rings. The SMILES string of the molecule is CCCCOc1ccccc1NC(=S)NC(=O)C(c1ccccc1)c1ccccc1. The summed E-state index contributed by atoms with van der Waals surface area (Å²) >= 11 is 5.43. The van der Waals surface area contributed by atoms with Gasteiger partial charge in [0, 0.05) is 0 Å². The molecule has 0 aromatic heterocycles. The molecule has 3 aromatic carbocycles. The van der Waals surface area contributed by atoms with Crippen LogP contribution in [-0.4, -0.2) is 17.6 Å². The first-order chi connectivity index (χ1) is 14.7. The average Bonchev–Trinajstić information content (AvgIpc) is 2.77. The Labute approximate surface area is 183 Å². The summed E-state index contributed by atoms with van der Waals surface area (Å²) in [6.07, 6.45) is 2.04. The predicted molar refractivity (Wildman–Crippen MR) is 126 cm³/mol. The van der Waals surface area contributed by atoms with Gasteiger partial charge in [-0.1, -0.05) is 86.1 Å². The van der Waals surface area contributed by atoms with Crippen molar-refractivity contribution in [3.8, 4) is 5.75 Å². The van der Waals surface area contributed by atoms with Crippen LogP contribution in [0.3, 0.4) is 0 Å². The van der Waals surface area contributed by atoms with Crippen molar-refractivity contribution in [2.45, 2.75) is 25.7 Å². The number of anilines is 1. The molecule has 3 aromatic rings. The quantitative estimate of drug-likeness (QED) is 0.374. The van der Waals surface area contributed by atoms with Crippen LogP contribution in [-0.2, 0) is 4.79 Å². The number of para-hydroxylation sites is 2. The van der Waals surface area contributed by atoms with Crippen LogP contribution in [0.4, 0.5) is 5.69 Å². The summed E-state index contributed by atoms with van der Waals surface area (Å²) in [6, 6.07) is 27.0. The van der Waals surface area contributed by atoms with E-state index in [0.717, 1.165) is 29.7 Å². The molecule has 0 heterocycles. The van der Waals surface area contributed by atoms with Crippen molar-refractivity contribution >= 4 is 28.9 Å². The summed E-state index contributed by atoms with van der Waals surface area (Å²) in [7, 11) is 0. The molecule has 0 bridgehead atoms. The van der Waals surface area contributed by atoms with Crippen molar-refractivity contribution in [1.82, 2.24) is 5.32 Å². The molecule has 4 nitrogen and oxygen atoms in total. The molecule has 0 aliphatic carbocycles. The highest BCUT2D eigenvalue weighted by atomic mass is 32.1. The zero-order chi connectivity index (χ0) is 21.2. The van der Waals surface area contributed by atoms with E-state index in [1.54, 1.807) is 0 Å². The summed E-state index contributed by atoms with van der Waals surface area (Å²) in [4.78, 5) is 13.2. The molecule has 154 valence electrons. The fourth-order valence-electron chi connectivity index (χ4n) is 3.15. The normalized spacial score (nSPS) is 10.5. The molecule has 0 saturated heterocycles. The highest BCUT2D eigenvalue weighted by Gasteiger charge is 2.23. The van der Waals surface area contributed by atoms with Gasteiger partial charge in [0.25, 0.3) is 0 Å². The summed E-state index contributed by atoms with van der Waals surface area (Å²) in [5.74, 6) is 0.0719. The van der Waals surface area contributed by atoms with E-state index in [-0.39, 0.29) is 11.0 Å². The van der Waals surface area contributed by atoms with E-state index >= 15 is 0 Å². The number of benzene rings is 3. The van der Waals surface area contributed by atoms with Gasteiger partial charge in [0.05, 0.1) is 18.2 Å². The van der Waals surface area contributed by atoms with Crippen LogP contribution < -0.4 is 15.4 Å². The average molecular weight is 419 g/mol. The van der Waals surface area contributed by atoms with E-state index in [2.05, 4.69) is 17.6 Å². The summed E-state index contributed by atoms with van der Waals surface area (Å²) in [5, 5.41) is 6.19. The maximum Gasteiger partial charge on any atom is 0.238 e. The van der Waals surface area contributed by atoms with Crippen molar-refractivity contribution in [3.63, 3.8) is 0 Å². The molecular formula is C25H26N2O2S. The fraction of sp³-hybridized carbons (Fsp3) is 0.200. The van der Waals surface area contributed by atoms with Crippen LogP contribution in [0.1, 0.15) is 36.8 Å². The molecule has 0 aliphatic heterocycles. The van der Waals surface area contributed by atoms with Gasteiger partial charge in [-0.2, -0.15) is 0 Å². The molecule has 30 heavy (non-hydrogen) atoms. The Morgan fingerprint density at radius 1 is 0.900 bits per heavy atom. The van der Waals surface area contributed by atoms with Crippen molar-refractivity contribution in [2.24, 2.45) is 0 Å². The first kappa shape index (κ1) is 21.5. The molecule has 0 radical (unpaired) electrons. The number of nitrogens with one attached hydrogen (secondary N) is 2. The minimum atomic E-state index is -0.455. The van der Waals surface area contributed by atoms with Gasteiger partial charge in [0.15, 0.2) is 5.11 Å². The Morgan fingerprint density at radius 2 is 1.47 bits per heavy atom. The van der Waals surface area contributed by atoms with Crippen molar-refractivity contribution < 1.29 is 9.53 Å². The van der Waals surface area contributed by atoms with Crippen LogP contribution >= 0.6 is 12.2 Å². The van der Waals surface area contributed by atoms with Gasteiger partial charge in [0.2, 0.25) is 5.91 Å². The molecule has 3 rings (SSSR count). The molecule has 5 heteroatoms. The van der Waals surface area contributed by atoms with E-state index in [1.807, 2.05) is 84.9 Å². The maximum absolute atomic E-state index is 13.2. The van der Waals surface area contributed by atoms with Crippen LogP contribution in [0.15, 0.2) is 84.9 Å². The zero-order valence-electron chi connectivity index (χ0n) is 17.0. The van der Waals surface area contributed by atoms with Gasteiger partial charge in [-0.3, -0.25) is 4.79 Å². The Hall–Kier alpha value is -3.18. The lowest BCUT2D eigenvalue weighted by Gasteiger charge is -2.19. The van der Waals surface area contributed by atoms with Crippen LogP contribution in [0, 0.1) is 0 Å². The number of carbonyl (C=O) groups is 1. The number of carbonyl (C=O) groups excluding carboxylic acids is 1. The van der Waals surface area contributed by atoms with E-state index in [9.17, 15) is 4.79 Å². The second kappa shape index (κ2) is 11.1. The molecule has 0 spiro atoms. The largest absolute Gasteiger partial charge is 0.491 e. The van der Waals surface area contributed by atoms with Gasteiger partial charge in [-0.25, -0.2) is 0 Å². The second-order valence-corrected chi connectivity index (χ2v) is 7.30. The van der Waals surface area contributed by atoms with Crippen LogP contribution in [0.5, 0.6) is 5.75 Å². The fourth-order valence-corrected chi connectivity index (χ4v) is 3.36. The highest BCUT2D eigenvalue weighted by Crippen LogP contribution is 2.26.